The van der Waals surface area contributed by atoms with Gasteiger partial charge >= 0.3 is 172 Å². The van der Waals surface area contributed by atoms with Crippen LogP contribution in [0.25, 0.3) is 0 Å². The van der Waals surface area contributed by atoms with Crippen molar-refractivity contribution >= 4 is 35.8 Å². The van der Waals surface area contributed by atoms with Crippen molar-refractivity contribution in [2.45, 2.75) is 0 Å². The van der Waals surface area contributed by atoms with Gasteiger partial charge in [-0.2, -0.15) is 0 Å². The number of carboxylic acid groups (broad SMARTS) is 6. The predicted molar refractivity (Wildman–Crippen MR) is 113 cm³/mol. The third-order valence-electron chi connectivity index (χ3n) is 4.13. The standard InChI is InChI=1S/3C8H6O4.3K/c3*9-7(10)5-3-1-2-4-6(5)8(11)12;;;/h3*1-4H,(H,9,10)(H,11,12);;;/q;;;3*+1/p-3. The molecule has 0 radical (unpaired) electrons. The van der Waals surface area contributed by atoms with E-state index in [9.17, 15) is 44.1 Å². The summed E-state index contributed by atoms with van der Waals surface area (Å²) in [6.07, 6.45) is 0. The Bertz CT molecular complexity index is 1070. The Morgan fingerprint density at radius 2 is 0.538 bits per heavy atom. The quantitative estimate of drug-likeness (QED) is 0.220. The third-order valence-corrected chi connectivity index (χ3v) is 4.13. The average Bonchev–Trinajstić information content (AvgIpc) is 2.84. The Morgan fingerprint density at radius 1 is 0.385 bits per heavy atom. The molecule has 0 aromatic heterocycles. The van der Waals surface area contributed by atoms with Crippen molar-refractivity contribution in [3.63, 3.8) is 0 Å². The van der Waals surface area contributed by atoms with Crippen LogP contribution in [0.15, 0.2) is 72.8 Å². The zero-order valence-electron chi connectivity index (χ0n) is 20.9. The minimum absolute atomic E-state index is 0. The molecule has 39 heavy (non-hydrogen) atoms. The second-order valence-corrected chi connectivity index (χ2v) is 6.41. The number of carbonyl (C=O) groups is 6. The molecule has 0 fully saturated rings. The molecule has 0 amide bonds. The summed E-state index contributed by atoms with van der Waals surface area (Å²) in [5, 5.41) is 56.6. The van der Waals surface area contributed by atoms with Gasteiger partial charge in [-0.05, 0) is 18.2 Å². The van der Waals surface area contributed by atoms with Gasteiger partial charge in [0.15, 0.2) is 0 Å². The van der Waals surface area contributed by atoms with Crippen molar-refractivity contribution in [2.75, 3.05) is 0 Å². The van der Waals surface area contributed by atoms with Crippen molar-refractivity contribution in [3.8, 4) is 0 Å². The van der Waals surface area contributed by atoms with Crippen LogP contribution in [0.1, 0.15) is 62.1 Å². The van der Waals surface area contributed by atoms with Crippen molar-refractivity contribution in [1.82, 2.24) is 0 Å². The van der Waals surface area contributed by atoms with Crippen LogP contribution in [0.5, 0.6) is 0 Å². The Hall–Kier alpha value is -0.611. The van der Waals surface area contributed by atoms with Gasteiger partial charge in [-0.1, -0.05) is 54.6 Å². The maximum atomic E-state index is 10.4. The van der Waals surface area contributed by atoms with Gasteiger partial charge in [0.2, 0.25) is 0 Å². The SMILES string of the molecule is O=C([O-])c1ccccc1C(=O)O.O=C([O-])c1ccccc1C(=O)O.O=C([O-])c1ccccc1C(=O)O.[K+].[K+].[K+]. The third kappa shape index (κ3) is 14.7. The summed E-state index contributed by atoms with van der Waals surface area (Å²) < 4.78 is 0. The number of benzene rings is 3. The summed E-state index contributed by atoms with van der Waals surface area (Å²) in [5.41, 5.74) is -1.66. The Labute approximate surface area is 348 Å². The van der Waals surface area contributed by atoms with Gasteiger partial charge in [0.25, 0.3) is 0 Å². The molecule has 0 aliphatic heterocycles. The van der Waals surface area contributed by atoms with E-state index >= 15 is 0 Å². The van der Waals surface area contributed by atoms with Gasteiger partial charge in [-0.3, -0.25) is 0 Å². The maximum Gasteiger partial charge on any atom is 1.00 e. The first-order chi connectivity index (χ1) is 16.9. The van der Waals surface area contributed by atoms with Crippen LogP contribution >= 0.6 is 0 Å². The van der Waals surface area contributed by atoms with Crippen LogP contribution in [-0.4, -0.2) is 51.1 Å². The van der Waals surface area contributed by atoms with Gasteiger partial charge < -0.3 is 45.0 Å². The van der Waals surface area contributed by atoms with Gasteiger partial charge in [0, 0.05) is 16.7 Å². The fourth-order valence-corrected chi connectivity index (χ4v) is 2.54. The number of hydrogen-bond donors (Lipinski definition) is 3. The second-order valence-electron chi connectivity index (χ2n) is 6.41. The fraction of sp³-hybridized carbons (Fsp3) is 0. The number of aromatic carboxylic acids is 6. The van der Waals surface area contributed by atoms with Crippen LogP contribution < -0.4 is 169 Å². The van der Waals surface area contributed by atoms with E-state index in [2.05, 4.69) is 0 Å². The molecule has 0 aliphatic carbocycles. The first kappa shape index (κ1) is 42.9. The molecule has 0 saturated heterocycles. The minimum Gasteiger partial charge on any atom is -0.545 e. The number of rotatable bonds is 6. The summed E-state index contributed by atoms with van der Waals surface area (Å²) >= 11 is 0. The maximum absolute atomic E-state index is 10.4. The zero-order chi connectivity index (χ0) is 27.4. The van der Waals surface area contributed by atoms with E-state index in [1.54, 1.807) is 0 Å². The van der Waals surface area contributed by atoms with Crippen molar-refractivity contribution in [2.24, 2.45) is 0 Å². The summed E-state index contributed by atoms with van der Waals surface area (Å²) in [5.74, 6) is -8.24. The average molecular weight is 613 g/mol. The Morgan fingerprint density at radius 3 is 0.641 bits per heavy atom. The molecule has 0 unspecified atom stereocenters. The second kappa shape index (κ2) is 22.0. The van der Waals surface area contributed by atoms with E-state index in [-0.39, 0.29) is 188 Å². The molecule has 0 spiro atoms. The van der Waals surface area contributed by atoms with Crippen LogP contribution in [0.3, 0.4) is 0 Å². The molecule has 3 N–H and O–H groups in total. The molecule has 12 nitrogen and oxygen atoms in total. The first-order valence-corrected chi connectivity index (χ1v) is 9.49. The van der Waals surface area contributed by atoms with Gasteiger partial charge in [-0.25, -0.2) is 14.4 Å². The molecule has 186 valence electrons. The van der Waals surface area contributed by atoms with E-state index in [4.69, 9.17) is 15.3 Å². The van der Waals surface area contributed by atoms with Crippen LogP contribution in [0.4, 0.5) is 0 Å². The van der Waals surface area contributed by atoms with Gasteiger partial charge in [0.05, 0.1) is 34.6 Å². The van der Waals surface area contributed by atoms with Gasteiger partial charge in [-0.15, -0.1) is 0 Å². The topological polar surface area (TPSA) is 232 Å². The molecule has 3 aromatic carbocycles. The number of hydrogen-bond acceptors (Lipinski definition) is 9. The summed E-state index contributed by atoms with van der Waals surface area (Å²) in [7, 11) is 0. The molecule has 0 atom stereocenters. The van der Waals surface area contributed by atoms with Crippen molar-refractivity contribution in [3.05, 3.63) is 106 Å². The van der Waals surface area contributed by atoms with Crippen LogP contribution in [-0.2, 0) is 0 Å². The van der Waals surface area contributed by atoms with E-state index < -0.39 is 35.8 Å². The largest absolute Gasteiger partial charge is 1.00 e. The number of carboxylic acids is 6. The molecular weight excluding hydrogens is 598 g/mol. The molecule has 0 saturated carbocycles. The molecule has 0 bridgehead atoms. The Balaban J connectivity index is -0.000000480. The van der Waals surface area contributed by atoms with E-state index in [1.165, 1.54) is 72.8 Å². The van der Waals surface area contributed by atoms with Crippen LogP contribution in [0, 0.1) is 0 Å². The van der Waals surface area contributed by atoms with Crippen molar-refractivity contribution in [1.29, 1.82) is 0 Å². The van der Waals surface area contributed by atoms with Crippen LogP contribution in [0.2, 0.25) is 0 Å². The normalized spacial score (nSPS) is 8.62. The fourth-order valence-electron chi connectivity index (χ4n) is 2.54. The van der Waals surface area contributed by atoms with E-state index in [0.29, 0.717) is 0 Å². The molecular formula is C24H15K3O12. The van der Waals surface area contributed by atoms with Crippen molar-refractivity contribution < 1.29 is 214 Å². The first-order valence-electron chi connectivity index (χ1n) is 9.49. The zero-order valence-corrected chi connectivity index (χ0v) is 30.3. The Kier molecular flexibility index (Phi) is 24.2. The van der Waals surface area contributed by atoms with Gasteiger partial charge in [0.1, 0.15) is 0 Å². The monoisotopic (exact) mass is 612 g/mol. The molecule has 15 heteroatoms. The number of carbonyl (C=O) groups excluding carboxylic acids is 3. The summed E-state index contributed by atoms with van der Waals surface area (Å²) in [6.45, 7) is 0. The molecule has 0 heterocycles. The molecule has 3 aromatic rings. The molecule has 3 rings (SSSR count). The smallest absolute Gasteiger partial charge is 0.545 e. The van der Waals surface area contributed by atoms with E-state index in [1.807, 2.05) is 0 Å². The predicted octanol–water partition coefficient (Wildman–Crippen LogP) is -9.74. The minimum atomic E-state index is -1.48. The summed E-state index contributed by atoms with van der Waals surface area (Å²) in [6, 6.07) is 15.9. The molecule has 0 aliphatic rings. The summed E-state index contributed by atoms with van der Waals surface area (Å²) in [4.78, 5) is 62.4. The van der Waals surface area contributed by atoms with E-state index in [0.717, 1.165) is 0 Å².